The van der Waals surface area contributed by atoms with Gasteiger partial charge in [0.15, 0.2) is 0 Å². The molecule has 4 nitrogen and oxygen atoms in total. The second-order valence-corrected chi connectivity index (χ2v) is 14.4. The van der Waals surface area contributed by atoms with Gasteiger partial charge in [-0.1, -0.05) is 64.3 Å². The monoisotopic (exact) mass is 496 g/mol. The minimum absolute atomic E-state index is 0.0738. The molecule has 0 N–H and O–H groups in total. The smallest absolute Gasteiger partial charge is 0.303 e. The zero-order valence-electron chi connectivity index (χ0n) is 24.1. The van der Waals surface area contributed by atoms with E-state index in [0.717, 1.165) is 38.5 Å². The van der Waals surface area contributed by atoms with E-state index in [1.807, 2.05) is 0 Å². The van der Waals surface area contributed by atoms with Crippen molar-refractivity contribution >= 4 is 11.8 Å². The van der Waals surface area contributed by atoms with Crippen LogP contribution >= 0.6 is 0 Å². The third-order valence-corrected chi connectivity index (χ3v) is 12.1. The van der Waals surface area contributed by atoms with Gasteiger partial charge in [0.1, 0.15) is 18.0 Å². The summed E-state index contributed by atoms with van der Waals surface area (Å²) < 4.78 is 12.8. The van der Waals surface area contributed by atoms with Gasteiger partial charge < -0.3 is 9.47 Å². The van der Waals surface area contributed by atoms with E-state index in [1.165, 1.54) is 12.5 Å². The fourth-order valence-corrected chi connectivity index (χ4v) is 10.2. The molecular formula is C32H48O4. The van der Waals surface area contributed by atoms with Crippen LogP contribution in [0.4, 0.5) is 0 Å². The molecule has 4 aliphatic carbocycles. The highest BCUT2D eigenvalue weighted by molar-refractivity contribution is 5.85. The first kappa shape index (κ1) is 26.2. The topological polar surface area (TPSA) is 52.6 Å². The summed E-state index contributed by atoms with van der Waals surface area (Å²) in [5.74, 6) is 1.27. The molecule has 200 valence electrons. The van der Waals surface area contributed by atoms with E-state index < -0.39 is 0 Å². The van der Waals surface area contributed by atoms with Gasteiger partial charge in [0.05, 0.1) is 6.10 Å². The molecule has 0 radical (unpaired) electrons. The summed E-state index contributed by atoms with van der Waals surface area (Å²) in [6, 6.07) is 0. The lowest BCUT2D eigenvalue weighted by Gasteiger charge is -2.61. The number of rotatable bonds is 2. The van der Waals surface area contributed by atoms with Crippen molar-refractivity contribution in [3.05, 3.63) is 22.8 Å². The average Bonchev–Trinajstić information content (AvgIpc) is 3.00. The third-order valence-electron chi connectivity index (χ3n) is 12.1. The number of esters is 1. The lowest BCUT2D eigenvalue weighted by Crippen LogP contribution is -2.56. The quantitative estimate of drug-likeness (QED) is 0.299. The minimum atomic E-state index is -0.244. The Labute approximate surface area is 218 Å². The molecule has 0 bridgehead atoms. The molecule has 2 saturated carbocycles. The Hall–Kier alpha value is -1.42. The average molecular weight is 497 g/mol. The van der Waals surface area contributed by atoms with Crippen LogP contribution in [0.5, 0.6) is 0 Å². The predicted octanol–water partition coefficient (Wildman–Crippen LogP) is 7.22. The van der Waals surface area contributed by atoms with Crippen molar-refractivity contribution in [2.45, 2.75) is 126 Å². The van der Waals surface area contributed by atoms with Crippen LogP contribution in [0.25, 0.3) is 0 Å². The van der Waals surface area contributed by atoms with Crippen molar-refractivity contribution in [2.75, 3.05) is 0 Å². The Kier molecular flexibility index (Phi) is 6.03. The van der Waals surface area contributed by atoms with Gasteiger partial charge in [-0.2, -0.15) is 0 Å². The second-order valence-electron chi connectivity index (χ2n) is 14.4. The lowest BCUT2D eigenvalue weighted by molar-refractivity contribution is -0.191. The van der Waals surface area contributed by atoms with Crippen molar-refractivity contribution < 1.29 is 19.1 Å². The Morgan fingerprint density at radius 2 is 1.69 bits per heavy atom. The second kappa shape index (κ2) is 8.29. The molecule has 1 heterocycles. The maximum Gasteiger partial charge on any atom is 0.303 e. The van der Waals surface area contributed by atoms with Crippen LogP contribution in [0.15, 0.2) is 22.8 Å². The molecule has 5 aliphatic rings. The van der Waals surface area contributed by atoms with Gasteiger partial charge in [-0.05, 0) is 80.5 Å². The molecule has 0 spiro atoms. The zero-order valence-corrected chi connectivity index (χ0v) is 24.1. The molecule has 1 saturated heterocycles. The van der Waals surface area contributed by atoms with E-state index in [-0.39, 0.29) is 51.9 Å². The zero-order chi connectivity index (χ0) is 26.4. The highest BCUT2D eigenvalue weighted by Gasteiger charge is 2.68. The number of hydrogen-bond donors (Lipinski definition) is 0. The molecule has 3 fully saturated rings. The third kappa shape index (κ3) is 3.41. The summed E-state index contributed by atoms with van der Waals surface area (Å²) in [4.78, 5) is 25.0. The minimum Gasteiger partial charge on any atom is -0.459 e. The van der Waals surface area contributed by atoms with Crippen molar-refractivity contribution in [1.29, 1.82) is 0 Å². The summed E-state index contributed by atoms with van der Waals surface area (Å²) in [6.45, 7) is 19.9. The Morgan fingerprint density at radius 3 is 2.33 bits per heavy atom. The first-order valence-electron chi connectivity index (χ1n) is 14.4. The van der Waals surface area contributed by atoms with Crippen LogP contribution in [0.1, 0.15) is 107 Å². The molecule has 4 heteroatoms. The van der Waals surface area contributed by atoms with E-state index in [1.54, 1.807) is 11.1 Å². The van der Waals surface area contributed by atoms with Gasteiger partial charge in [-0.15, -0.1) is 0 Å². The Balaban J connectivity index is 1.56. The van der Waals surface area contributed by atoms with Crippen LogP contribution in [0.3, 0.4) is 0 Å². The normalized spacial score (nSPS) is 47.3. The lowest BCUT2D eigenvalue weighted by atomic mass is 9.43. The fraction of sp³-hybridized carbons (Fsp3) is 0.812. The van der Waals surface area contributed by atoms with Gasteiger partial charge in [-0.25, -0.2) is 0 Å². The van der Waals surface area contributed by atoms with E-state index in [4.69, 9.17) is 9.47 Å². The van der Waals surface area contributed by atoms with E-state index in [0.29, 0.717) is 24.0 Å². The van der Waals surface area contributed by atoms with Crippen molar-refractivity contribution in [3.8, 4) is 0 Å². The predicted molar refractivity (Wildman–Crippen MR) is 142 cm³/mol. The van der Waals surface area contributed by atoms with E-state index in [9.17, 15) is 9.59 Å². The Bertz CT molecular complexity index is 1030. The molecule has 9 atom stereocenters. The van der Waals surface area contributed by atoms with Gasteiger partial charge in [0.25, 0.3) is 0 Å². The number of carbonyl (C=O) groups is 2. The highest BCUT2D eigenvalue weighted by Crippen LogP contribution is 2.73. The molecule has 5 rings (SSSR count). The molecular weight excluding hydrogens is 448 g/mol. The summed E-state index contributed by atoms with van der Waals surface area (Å²) in [6.07, 6.45) is 9.15. The van der Waals surface area contributed by atoms with Crippen LogP contribution in [0, 0.1) is 39.4 Å². The van der Waals surface area contributed by atoms with Gasteiger partial charge in [0.2, 0.25) is 0 Å². The van der Waals surface area contributed by atoms with Crippen LogP contribution < -0.4 is 0 Å². The molecule has 36 heavy (non-hydrogen) atoms. The Morgan fingerprint density at radius 1 is 1.00 bits per heavy atom. The maximum absolute atomic E-state index is 12.9. The van der Waals surface area contributed by atoms with Crippen LogP contribution in [-0.4, -0.2) is 30.1 Å². The fourth-order valence-electron chi connectivity index (χ4n) is 10.2. The number of Topliss-reactive ketones (excluding diaryl/α,β-unsaturated/α-hetero) is 1. The maximum atomic E-state index is 12.9. The molecule has 0 amide bonds. The van der Waals surface area contributed by atoms with E-state index >= 15 is 0 Å². The van der Waals surface area contributed by atoms with Crippen molar-refractivity contribution in [3.63, 3.8) is 0 Å². The molecule has 0 aromatic rings. The molecule has 0 aromatic carbocycles. The van der Waals surface area contributed by atoms with E-state index in [2.05, 4.69) is 61.5 Å². The van der Waals surface area contributed by atoms with Crippen LogP contribution in [-0.2, 0) is 19.1 Å². The first-order chi connectivity index (χ1) is 16.7. The van der Waals surface area contributed by atoms with Crippen molar-refractivity contribution in [2.24, 2.45) is 39.4 Å². The first-order valence-corrected chi connectivity index (χ1v) is 14.4. The number of allylic oxidation sites excluding steroid dienone is 3. The number of carbonyl (C=O) groups excluding carboxylic acids is 2. The highest BCUT2D eigenvalue weighted by atomic mass is 16.6. The largest absolute Gasteiger partial charge is 0.459 e. The molecule has 1 aliphatic heterocycles. The molecule has 0 aromatic heterocycles. The van der Waals surface area contributed by atoms with Crippen LogP contribution in [0.2, 0.25) is 0 Å². The number of hydrogen-bond acceptors (Lipinski definition) is 4. The number of fused-ring (bicyclic) bond motifs is 6. The number of ketones is 1. The standard InChI is InChI=1S/C32H48O4/c1-18(2)16-23-28(35-20(4)33)19(3)27-24(36-23)17-32(9)22-10-11-25-29(5,6)26(34)13-14-30(25,7)21(22)12-15-31(27,32)8/h16,19,23-25,27-28H,10-15,17H2,1-9H3/t19-,23-,24+,25+,27-,28+,30+,31+,32-/m0/s1. The number of ether oxygens (including phenoxy) is 2. The van der Waals surface area contributed by atoms with Gasteiger partial charge in [0, 0.05) is 24.7 Å². The summed E-state index contributed by atoms with van der Waals surface area (Å²) in [5.41, 5.74) is 4.64. The summed E-state index contributed by atoms with van der Waals surface area (Å²) in [5, 5.41) is 0. The van der Waals surface area contributed by atoms with Gasteiger partial charge >= 0.3 is 5.97 Å². The molecule has 0 unspecified atom stereocenters. The summed E-state index contributed by atoms with van der Waals surface area (Å²) >= 11 is 0. The summed E-state index contributed by atoms with van der Waals surface area (Å²) in [7, 11) is 0. The van der Waals surface area contributed by atoms with Crippen molar-refractivity contribution in [1.82, 2.24) is 0 Å². The SMILES string of the molecule is CC(=O)O[C@@H]1[C@@H](C)[C@H]2[C@@H](C[C@@]3(C)C4=C(CC[C@]23C)[C@@]2(C)CCC(=O)C(C)(C)[C@H]2CC4)O[C@H]1C=C(C)C. The van der Waals surface area contributed by atoms with Gasteiger partial charge in [-0.3, -0.25) is 9.59 Å².